The molecule has 1 aliphatic rings. The molecule has 0 bridgehead atoms. The van der Waals surface area contributed by atoms with E-state index in [1.165, 1.54) is 19.0 Å². The zero-order valence-electron chi connectivity index (χ0n) is 13.9. The lowest BCUT2D eigenvalue weighted by molar-refractivity contribution is 0.100. The van der Waals surface area contributed by atoms with Crippen molar-refractivity contribution in [3.05, 3.63) is 42.4 Å². The van der Waals surface area contributed by atoms with Crippen LogP contribution in [0.5, 0.6) is 0 Å². The van der Waals surface area contributed by atoms with Crippen molar-refractivity contribution in [3.8, 4) is 11.1 Å². The molecular formula is C18H20N6O. The van der Waals surface area contributed by atoms with E-state index in [4.69, 9.17) is 11.5 Å². The molecule has 25 heavy (non-hydrogen) atoms. The Morgan fingerprint density at radius 3 is 2.76 bits per heavy atom. The lowest BCUT2D eigenvalue weighted by Crippen LogP contribution is -2.22. The highest BCUT2D eigenvalue weighted by atomic mass is 16.1. The SMILES string of the molecule is C[C@@H](Nc1c(C(N)=O)cnn2cc(-c3ccc(N)nc3)cc12)C1CC1. The third kappa shape index (κ3) is 2.88. The fourth-order valence-corrected chi connectivity index (χ4v) is 3.07. The Morgan fingerprint density at radius 1 is 1.32 bits per heavy atom. The highest BCUT2D eigenvalue weighted by Crippen LogP contribution is 2.36. The number of carbonyl (C=O) groups is 1. The predicted molar refractivity (Wildman–Crippen MR) is 97.2 cm³/mol. The molecule has 0 aromatic carbocycles. The summed E-state index contributed by atoms with van der Waals surface area (Å²) in [5.41, 5.74) is 15.0. The highest BCUT2D eigenvalue weighted by Gasteiger charge is 2.29. The van der Waals surface area contributed by atoms with E-state index in [0.717, 1.165) is 22.3 Å². The van der Waals surface area contributed by atoms with Gasteiger partial charge in [0, 0.05) is 29.6 Å². The minimum absolute atomic E-state index is 0.279. The first-order valence-corrected chi connectivity index (χ1v) is 8.32. The van der Waals surface area contributed by atoms with Gasteiger partial charge in [-0.2, -0.15) is 5.10 Å². The summed E-state index contributed by atoms with van der Waals surface area (Å²) in [5.74, 6) is 0.629. The van der Waals surface area contributed by atoms with Crippen molar-refractivity contribution in [2.45, 2.75) is 25.8 Å². The minimum atomic E-state index is -0.489. The van der Waals surface area contributed by atoms with Gasteiger partial charge in [0.2, 0.25) is 0 Å². The molecule has 3 heterocycles. The standard InChI is InChI=1S/C18H20N6O/c1-10(11-2-3-11)23-17-14(18(20)25)8-22-24-9-13(6-15(17)24)12-4-5-16(19)21-7-12/h4-11,23H,2-3H2,1H3,(H2,19,21)(H2,20,25)/t10-/m1/s1. The fourth-order valence-electron chi connectivity index (χ4n) is 3.07. The quantitative estimate of drug-likeness (QED) is 0.662. The molecule has 1 atom stereocenters. The summed E-state index contributed by atoms with van der Waals surface area (Å²) in [5, 5.41) is 7.80. The van der Waals surface area contributed by atoms with Gasteiger partial charge in [0.25, 0.3) is 5.91 Å². The average molecular weight is 336 g/mol. The molecule has 3 aromatic heterocycles. The zero-order chi connectivity index (χ0) is 17.6. The summed E-state index contributed by atoms with van der Waals surface area (Å²) in [6.07, 6.45) is 7.57. The number of anilines is 2. The van der Waals surface area contributed by atoms with E-state index in [1.54, 1.807) is 16.8 Å². The molecule has 3 aromatic rings. The maximum atomic E-state index is 11.9. The van der Waals surface area contributed by atoms with Crippen LogP contribution in [0.25, 0.3) is 16.6 Å². The number of primary amides is 1. The Labute approximate surface area is 145 Å². The molecule has 0 spiro atoms. The number of carbonyl (C=O) groups excluding carboxylic acids is 1. The van der Waals surface area contributed by atoms with E-state index in [9.17, 15) is 4.79 Å². The monoisotopic (exact) mass is 336 g/mol. The highest BCUT2D eigenvalue weighted by molar-refractivity contribution is 6.02. The van der Waals surface area contributed by atoms with Crippen molar-refractivity contribution in [1.82, 2.24) is 14.6 Å². The van der Waals surface area contributed by atoms with Crippen LogP contribution >= 0.6 is 0 Å². The molecule has 128 valence electrons. The van der Waals surface area contributed by atoms with E-state index < -0.39 is 5.91 Å². The minimum Gasteiger partial charge on any atom is -0.384 e. The summed E-state index contributed by atoms with van der Waals surface area (Å²) in [7, 11) is 0. The number of nitrogen functional groups attached to an aromatic ring is 1. The third-order valence-electron chi connectivity index (χ3n) is 4.72. The van der Waals surface area contributed by atoms with Crippen molar-refractivity contribution in [2.24, 2.45) is 11.7 Å². The molecule has 7 nitrogen and oxygen atoms in total. The van der Waals surface area contributed by atoms with Crippen LogP contribution in [0.1, 0.15) is 30.1 Å². The molecule has 1 fully saturated rings. The molecule has 4 rings (SSSR count). The van der Waals surface area contributed by atoms with Gasteiger partial charge >= 0.3 is 0 Å². The molecule has 0 unspecified atom stereocenters. The Bertz CT molecular complexity index is 942. The summed E-state index contributed by atoms with van der Waals surface area (Å²) >= 11 is 0. The third-order valence-corrected chi connectivity index (χ3v) is 4.72. The first-order valence-electron chi connectivity index (χ1n) is 8.32. The zero-order valence-corrected chi connectivity index (χ0v) is 13.9. The first kappa shape index (κ1) is 15.4. The predicted octanol–water partition coefficient (Wildman–Crippen LogP) is 2.29. The maximum Gasteiger partial charge on any atom is 0.252 e. The molecule has 1 aliphatic carbocycles. The smallest absolute Gasteiger partial charge is 0.252 e. The van der Waals surface area contributed by atoms with Crippen LogP contribution in [0.3, 0.4) is 0 Å². The summed E-state index contributed by atoms with van der Waals surface area (Å²) in [6.45, 7) is 2.13. The summed E-state index contributed by atoms with van der Waals surface area (Å²) in [4.78, 5) is 16.0. The van der Waals surface area contributed by atoms with Gasteiger partial charge in [-0.25, -0.2) is 9.50 Å². The van der Waals surface area contributed by atoms with Crippen LogP contribution in [-0.4, -0.2) is 26.5 Å². The first-order chi connectivity index (χ1) is 12.0. The molecule has 0 aliphatic heterocycles. The number of rotatable bonds is 5. The van der Waals surface area contributed by atoms with Crippen LogP contribution in [0.4, 0.5) is 11.5 Å². The number of hydrogen-bond donors (Lipinski definition) is 3. The normalized spacial score (nSPS) is 15.2. The van der Waals surface area contributed by atoms with Crippen LogP contribution in [0, 0.1) is 5.92 Å². The number of nitrogens with zero attached hydrogens (tertiary/aromatic N) is 3. The van der Waals surface area contributed by atoms with Gasteiger partial charge in [-0.15, -0.1) is 0 Å². The van der Waals surface area contributed by atoms with Crippen molar-refractivity contribution >= 4 is 22.9 Å². The number of amides is 1. The van der Waals surface area contributed by atoms with Gasteiger partial charge in [0.15, 0.2) is 0 Å². The number of nitrogens with one attached hydrogen (secondary N) is 1. The second kappa shape index (κ2) is 5.77. The van der Waals surface area contributed by atoms with Crippen molar-refractivity contribution in [3.63, 3.8) is 0 Å². The Kier molecular flexibility index (Phi) is 3.56. The number of hydrogen-bond acceptors (Lipinski definition) is 5. The second-order valence-corrected chi connectivity index (χ2v) is 6.60. The van der Waals surface area contributed by atoms with E-state index in [2.05, 4.69) is 22.3 Å². The van der Waals surface area contributed by atoms with Crippen LogP contribution in [0.2, 0.25) is 0 Å². The van der Waals surface area contributed by atoms with Crippen molar-refractivity contribution in [2.75, 3.05) is 11.1 Å². The largest absolute Gasteiger partial charge is 0.384 e. The molecule has 1 amide bonds. The number of fused-ring (bicyclic) bond motifs is 1. The van der Waals surface area contributed by atoms with Crippen LogP contribution in [-0.2, 0) is 0 Å². The average Bonchev–Trinajstić information content (AvgIpc) is 3.34. The Morgan fingerprint density at radius 2 is 2.12 bits per heavy atom. The van der Waals surface area contributed by atoms with Crippen molar-refractivity contribution in [1.29, 1.82) is 0 Å². The van der Waals surface area contributed by atoms with Gasteiger partial charge in [-0.1, -0.05) is 0 Å². The lowest BCUT2D eigenvalue weighted by atomic mass is 10.1. The fraction of sp³-hybridized carbons (Fsp3) is 0.278. The summed E-state index contributed by atoms with van der Waals surface area (Å²) in [6, 6.07) is 5.93. The van der Waals surface area contributed by atoms with E-state index in [0.29, 0.717) is 17.3 Å². The lowest BCUT2D eigenvalue weighted by Gasteiger charge is -2.17. The molecule has 5 N–H and O–H groups in total. The van der Waals surface area contributed by atoms with Gasteiger partial charge in [-0.3, -0.25) is 4.79 Å². The molecule has 0 radical (unpaired) electrons. The number of aromatic nitrogens is 3. The van der Waals surface area contributed by atoms with Crippen LogP contribution in [0.15, 0.2) is 36.8 Å². The van der Waals surface area contributed by atoms with Crippen molar-refractivity contribution < 1.29 is 4.79 Å². The Balaban J connectivity index is 1.82. The second-order valence-electron chi connectivity index (χ2n) is 6.60. The van der Waals surface area contributed by atoms with Gasteiger partial charge in [-0.05, 0) is 43.9 Å². The topological polar surface area (TPSA) is 111 Å². The maximum absolute atomic E-state index is 11.9. The van der Waals surface area contributed by atoms with Gasteiger partial charge in [0.1, 0.15) is 5.82 Å². The van der Waals surface area contributed by atoms with Crippen LogP contribution < -0.4 is 16.8 Å². The molecule has 7 heteroatoms. The van der Waals surface area contributed by atoms with Gasteiger partial charge in [0.05, 0.1) is 23.0 Å². The summed E-state index contributed by atoms with van der Waals surface area (Å²) < 4.78 is 1.75. The molecule has 0 saturated heterocycles. The van der Waals surface area contributed by atoms with Gasteiger partial charge < -0.3 is 16.8 Å². The number of pyridine rings is 1. The van der Waals surface area contributed by atoms with E-state index in [1.807, 2.05) is 18.3 Å². The molecular weight excluding hydrogens is 316 g/mol. The Hall–Kier alpha value is -3.09. The van der Waals surface area contributed by atoms with E-state index >= 15 is 0 Å². The van der Waals surface area contributed by atoms with E-state index in [-0.39, 0.29) is 6.04 Å². The number of nitrogens with two attached hydrogens (primary N) is 2. The molecule has 1 saturated carbocycles.